The highest BCUT2D eigenvalue weighted by Gasteiger charge is 2.12. The molecular formula is C18H20Cl2N2O. The van der Waals surface area contributed by atoms with Crippen molar-refractivity contribution in [3.63, 3.8) is 0 Å². The van der Waals surface area contributed by atoms with Gasteiger partial charge in [0, 0.05) is 16.6 Å². The molecule has 0 aromatic heterocycles. The molecule has 23 heavy (non-hydrogen) atoms. The van der Waals surface area contributed by atoms with Gasteiger partial charge in [-0.1, -0.05) is 47.5 Å². The van der Waals surface area contributed by atoms with Gasteiger partial charge < -0.3 is 5.32 Å². The third-order valence-corrected chi connectivity index (χ3v) is 4.03. The molecule has 5 heteroatoms. The quantitative estimate of drug-likeness (QED) is 0.842. The van der Waals surface area contributed by atoms with Crippen molar-refractivity contribution in [3.05, 3.63) is 69.7 Å². The number of carbonyl (C=O) groups excluding carboxylic acids is 1. The molecule has 1 amide bonds. The predicted molar refractivity (Wildman–Crippen MR) is 95.8 cm³/mol. The van der Waals surface area contributed by atoms with Crippen molar-refractivity contribution in [2.45, 2.75) is 19.5 Å². The summed E-state index contributed by atoms with van der Waals surface area (Å²) in [6, 6.07) is 15.1. The molecule has 122 valence electrons. The Morgan fingerprint density at radius 2 is 1.57 bits per heavy atom. The number of carbonyl (C=O) groups is 1. The van der Waals surface area contributed by atoms with Gasteiger partial charge in [0.25, 0.3) is 0 Å². The maximum absolute atomic E-state index is 12.1. The van der Waals surface area contributed by atoms with E-state index in [1.165, 1.54) is 0 Å². The molecule has 0 heterocycles. The number of halogens is 2. The fraction of sp³-hybridized carbons (Fsp3) is 0.278. The minimum Gasteiger partial charge on any atom is -0.348 e. The number of hydrogen-bond donors (Lipinski definition) is 1. The second kappa shape index (κ2) is 8.34. The van der Waals surface area contributed by atoms with Gasteiger partial charge >= 0.3 is 0 Å². The van der Waals surface area contributed by atoms with Gasteiger partial charge in [-0.05, 0) is 49.4 Å². The lowest BCUT2D eigenvalue weighted by Crippen LogP contribution is -2.36. The molecule has 0 saturated heterocycles. The molecule has 1 N–H and O–H groups in total. The number of hydrogen-bond acceptors (Lipinski definition) is 2. The van der Waals surface area contributed by atoms with E-state index in [1.807, 2.05) is 67.4 Å². The summed E-state index contributed by atoms with van der Waals surface area (Å²) in [7, 11) is 1.92. The van der Waals surface area contributed by atoms with E-state index in [4.69, 9.17) is 23.2 Å². The van der Waals surface area contributed by atoms with Gasteiger partial charge in [0.15, 0.2) is 0 Å². The highest BCUT2D eigenvalue weighted by Crippen LogP contribution is 2.16. The number of amides is 1. The third-order valence-electron chi connectivity index (χ3n) is 3.53. The van der Waals surface area contributed by atoms with Crippen molar-refractivity contribution in [3.8, 4) is 0 Å². The Morgan fingerprint density at radius 1 is 1.04 bits per heavy atom. The molecule has 0 aliphatic heterocycles. The molecule has 1 atom stereocenters. The average Bonchev–Trinajstić information content (AvgIpc) is 2.50. The number of rotatable bonds is 6. The number of nitrogens with zero attached hydrogens (tertiary/aromatic N) is 1. The Hall–Kier alpha value is -1.55. The Labute approximate surface area is 147 Å². The van der Waals surface area contributed by atoms with Crippen LogP contribution in [-0.2, 0) is 11.3 Å². The summed E-state index contributed by atoms with van der Waals surface area (Å²) in [5.74, 6) is -0.0103. The van der Waals surface area contributed by atoms with E-state index in [9.17, 15) is 4.79 Å². The number of benzene rings is 2. The van der Waals surface area contributed by atoms with Gasteiger partial charge in [-0.25, -0.2) is 0 Å². The van der Waals surface area contributed by atoms with Crippen LogP contribution in [0.25, 0.3) is 0 Å². The van der Waals surface area contributed by atoms with E-state index in [0.717, 1.165) is 11.1 Å². The summed E-state index contributed by atoms with van der Waals surface area (Å²) in [6.07, 6.45) is 0. The molecule has 0 saturated carbocycles. The summed E-state index contributed by atoms with van der Waals surface area (Å²) >= 11 is 11.7. The van der Waals surface area contributed by atoms with Gasteiger partial charge in [0.05, 0.1) is 12.6 Å². The minimum atomic E-state index is -0.0521. The van der Waals surface area contributed by atoms with Crippen molar-refractivity contribution in [2.24, 2.45) is 0 Å². The first-order chi connectivity index (χ1) is 10.9. The minimum absolute atomic E-state index is 0.0103. The highest BCUT2D eigenvalue weighted by molar-refractivity contribution is 6.30. The van der Waals surface area contributed by atoms with Gasteiger partial charge in [-0.3, -0.25) is 9.69 Å². The molecule has 0 radical (unpaired) electrons. The smallest absolute Gasteiger partial charge is 0.234 e. The van der Waals surface area contributed by atoms with E-state index in [-0.39, 0.29) is 11.9 Å². The lowest BCUT2D eigenvalue weighted by molar-refractivity contribution is -0.122. The lowest BCUT2D eigenvalue weighted by Gasteiger charge is -2.19. The maximum Gasteiger partial charge on any atom is 0.234 e. The molecule has 0 aliphatic carbocycles. The molecule has 0 spiro atoms. The summed E-state index contributed by atoms with van der Waals surface area (Å²) in [4.78, 5) is 14.1. The monoisotopic (exact) mass is 350 g/mol. The van der Waals surface area contributed by atoms with Crippen LogP contribution in [0.2, 0.25) is 10.0 Å². The second-order valence-electron chi connectivity index (χ2n) is 5.64. The van der Waals surface area contributed by atoms with Crippen LogP contribution in [0, 0.1) is 0 Å². The van der Waals surface area contributed by atoms with Gasteiger partial charge in [0.2, 0.25) is 5.91 Å². The first-order valence-corrected chi connectivity index (χ1v) is 8.17. The largest absolute Gasteiger partial charge is 0.348 e. The molecule has 0 aliphatic rings. The van der Waals surface area contributed by atoms with Crippen LogP contribution < -0.4 is 5.32 Å². The summed E-state index contributed by atoms with van der Waals surface area (Å²) < 4.78 is 0. The van der Waals surface area contributed by atoms with Crippen LogP contribution in [0.1, 0.15) is 24.1 Å². The average molecular weight is 351 g/mol. The third kappa shape index (κ3) is 5.87. The van der Waals surface area contributed by atoms with Crippen molar-refractivity contribution < 1.29 is 4.79 Å². The highest BCUT2D eigenvalue weighted by atomic mass is 35.5. The van der Waals surface area contributed by atoms with Crippen LogP contribution in [0.3, 0.4) is 0 Å². The lowest BCUT2D eigenvalue weighted by atomic mass is 10.1. The molecule has 2 aromatic carbocycles. The Morgan fingerprint density at radius 3 is 2.13 bits per heavy atom. The van der Waals surface area contributed by atoms with E-state index in [2.05, 4.69) is 5.32 Å². The number of nitrogens with one attached hydrogen (secondary N) is 1. The molecule has 0 fully saturated rings. The van der Waals surface area contributed by atoms with Crippen molar-refractivity contribution in [1.29, 1.82) is 0 Å². The van der Waals surface area contributed by atoms with Crippen molar-refractivity contribution in [2.75, 3.05) is 13.6 Å². The van der Waals surface area contributed by atoms with Gasteiger partial charge in [0.1, 0.15) is 0 Å². The van der Waals surface area contributed by atoms with E-state index < -0.39 is 0 Å². The summed E-state index contributed by atoms with van der Waals surface area (Å²) in [5.41, 5.74) is 2.15. The number of likely N-dealkylation sites (N-methyl/N-ethyl adjacent to an activating group) is 1. The fourth-order valence-corrected chi connectivity index (χ4v) is 2.58. The summed E-state index contributed by atoms with van der Waals surface area (Å²) in [5, 5.41) is 4.40. The van der Waals surface area contributed by atoms with Crippen LogP contribution in [0.5, 0.6) is 0 Å². The normalized spacial score (nSPS) is 12.2. The van der Waals surface area contributed by atoms with Gasteiger partial charge in [-0.2, -0.15) is 0 Å². The first kappa shape index (κ1) is 17.8. The topological polar surface area (TPSA) is 32.3 Å². The molecule has 3 nitrogen and oxygen atoms in total. The molecular weight excluding hydrogens is 331 g/mol. The zero-order valence-corrected chi connectivity index (χ0v) is 14.7. The van der Waals surface area contributed by atoms with Crippen molar-refractivity contribution in [1.82, 2.24) is 10.2 Å². The van der Waals surface area contributed by atoms with Crippen LogP contribution in [0.4, 0.5) is 0 Å². The standard InChI is InChI=1S/C18H20Cl2N2O/c1-13(15-5-9-17(20)10-6-15)21-18(23)12-22(2)11-14-3-7-16(19)8-4-14/h3-10,13H,11-12H2,1-2H3,(H,21,23)/t13-/m0/s1. The Kier molecular flexibility index (Phi) is 6.46. The zero-order chi connectivity index (χ0) is 16.8. The van der Waals surface area contributed by atoms with Crippen LogP contribution in [0.15, 0.2) is 48.5 Å². The molecule has 0 unspecified atom stereocenters. The van der Waals surface area contributed by atoms with Crippen molar-refractivity contribution >= 4 is 29.1 Å². The second-order valence-corrected chi connectivity index (χ2v) is 6.51. The van der Waals surface area contributed by atoms with E-state index in [0.29, 0.717) is 23.1 Å². The maximum atomic E-state index is 12.1. The molecule has 0 bridgehead atoms. The molecule has 2 rings (SSSR count). The zero-order valence-electron chi connectivity index (χ0n) is 13.2. The first-order valence-electron chi connectivity index (χ1n) is 7.42. The SMILES string of the molecule is C[C@H](NC(=O)CN(C)Cc1ccc(Cl)cc1)c1ccc(Cl)cc1. The Balaban J connectivity index is 1.83. The van der Waals surface area contributed by atoms with Crippen LogP contribution >= 0.6 is 23.2 Å². The predicted octanol–water partition coefficient (Wildman–Crippen LogP) is 4.30. The van der Waals surface area contributed by atoms with Crippen LogP contribution in [-0.4, -0.2) is 24.4 Å². The van der Waals surface area contributed by atoms with E-state index in [1.54, 1.807) is 0 Å². The fourth-order valence-electron chi connectivity index (χ4n) is 2.32. The Bertz CT molecular complexity index is 641. The van der Waals surface area contributed by atoms with Gasteiger partial charge in [-0.15, -0.1) is 0 Å². The summed E-state index contributed by atoms with van der Waals surface area (Å²) in [6.45, 7) is 2.99. The molecule has 2 aromatic rings. The van der Waals surface area contributed by atoms with E-state index >= 15 is 0 Å².